The van der Waals surface area contributed by atoms with Crippen LogP contribution in [0.25, 0.3) is 0 Å². The number of rotatable bonds is 7. The van der Waals surface area contributed by atoms with E-state index in [1.807, 2.05) is 0 Å². The quantitative estimate of drug-likeness (QED) is 0.810. The molecule has 1 heterocycles. The summed E-state index contributed by atoms with van der Waals surface area (Å²) in [5, 5.41) is 13.4. The summed E-state index contributed by atoms with van der Waals surface area (Å²) in [6.45, 7) is 6.86. The van der Waals surface area contributed by atoms with Gasteiger partial charge in [-0.05, 0) is 32.1 Å². The first-order valence-corrected chi connectivity index (χ1v) is 9.10. The van der Waals surface area contributed by atoms with E-state index in [2.05, 4.69) is 60.7 Å². The van der Waals surface area contributed by atoms with E-state index in [0.717, 1.165) is 13.1 Å². The first-order chi connectivity index (χ1) is 10.1. The van der Waals surface area contributed by atoms with E-state index in [-0.39, 0.29) is 11.9 Å². The van der Waals surface area contributed by atoms with Crippen molar-refractivity contribution in [3.63, 3.8) is 0 Å². The molecule has 1 saturated heterocycles. The summed E-state index contributed by atoms with van der Waals surface area (Å²) in [5.74, 6) is 0. The third kappa shape index (κ3) is 4.71. The van der Waals surface area contributed by atoms with Gasteiger partial charge in [0.05, 0.1) is 6.61 Å². The summed E-state index contributed by atoms with van der Waals surface area (Å²) in [5.41, 5.74) is 1.38. The first kappa shape index (κ1) is 16.8. The molecule has 1 aromatic carbocycles. The van der Waals surface area contributed by atoms with Crippen molar-refractivity contribution < 1.29 is 5.11 Å². The van der Waals surface area contributed by atoms with Crippen LogP contribution in [0.4, 0.5) is 0 Å². The first-order valence-electron chi connectivity index (χ1n) is 7.81. The number of nitrogens with one attached hydrogen (secondary N) is 1. The van der Waals surface area contributed by atoms with E-state index in [1.54, 1.807) is 11.8 Å². The Labute approximate surface area is 133 Å². The van der Waals surface area contributed by atoms with Crippen LogP contribution >= 0.6 is 11.8 Å². The fourth-order valence-corrected chi connectivity index (χ4v) is 3.81. The largest absolute Gasteiger partial charge is 0.395 e. The Morgan fingerprint density at radius 2 is 2.10 bits per heavy atom. The standard InChI is InChI=1S/C17H28N2OS/c1-13-9-16(18-14(2)17(12-20)21-3)11-19(13)10-15-7-5-4-6-8-15/h4-8,13-14,16-18,20H,9-12H2,1-3H3. The van der Waals surface area contributed by atoms with Gasteiger partial charge in [-0.2, -0.15) is 11.8 Å². The Hall–Kier alpha value is -0.550. The number of thioether (sulfide) groups is 1. The molecule has 0 saturated carbocycles. The lowest BCUT2D eigenvalue weighted by Crippen LogP contribution is -2.44. The second-order valence-electron chi connectivity index (χ2n) is 6.11. The average Bonchev–Trinajstić information content (AvgIpc) is 2.81. The van der Waals surface area contributed by atoms with Gasteiger partial charge in [-0.15, -0.1) is 0 Å². The number of aliphatic hydroxyl groups is 1. The Kier molecular flexibility index (Phi) is 6.55. The molecule has 1 aromatic rings. The predicted octanol–water partition coefficient (Wildman–Crippen LogP) is 2.35. The van der Waals surface area contributed by atoms with Gasteiger partial charge < -0.3 is 10.4 Å². The number of nitrogens with zero attached hydrogens (tertiary/aromatic N) is 1. The maximum Gasteiger partial charge on any atom is 0.0564 e. The minimum absolute atomic E-state index is 0.241. The summed E-state index contributed by atoms with van der Waals surface area (Å²) in [7, 11) is 0. The summed E-state index contributed by atoms with van der Waals surface area (Å²) < 4.78 is 0. The van der Waals surface area contributed by atoms with Crippen LogP contribution in [0, 0.1) is 0 Å². The van der Waals surface area contributed by atoms with Gasteiger partial charge in [-0.3, -0.25) is 4.90 Å². The van der Waals surface area contributed by atoms with Crippen molar-refractivity contribution >= 4 is 11.8 Å². The predicted molar refractivity (Wildman–Crippen MR) is 91.7 cm³/mol. The third-order valence-electron chi connectivity index (χ3n) is 4.47. The molecule has 4 heteroatoms. The Balaban J connectivity index is 1.86. The molecule has 21 heavy (non-hydrogen) atoms. The topological polar surface area (TPSA) is 35.5 Å². The van der Waals surface area contributed by atoms with E-state index in [1.165, 1.54) is 12.0 Å². The van der Waals surface area contributed by atoms with Gasteiger partial charge in [0.25, 0.3) is 0 Å². The van der Waals surface area contributed by atoms with Gasteiger partial charge in [0.1, 0.15) is 0 Å². The van der Waals surface area contributed by atoms with Crippen molar-refractivity contribution in [2.24, 2.45) is 0 Å². The lowest BCUT2D eigenvalue weighted by molar-refractivity contribution is 0.251. The molecule has 0 aliphatic carbocycles. The fraction of sp³-hybridized carbons (Fsp3) is 0.647. The highest BCUT2D eigenvalue weighted by Gasteiger charge is 2.30. The van der Waals surface area contributed by atoms with E-state index >= 15 is 0 Å². The molecule has 0 aromatic heterocycles. The fourth-order valence-electron chi connectivity index (χ4n) is 3.17. The Morgan fingerprint density at radius 1 is 1.38 bits per heavy atom. The Morgan fingerprint density at radius 3 is 2.71 bits per heavy atom. The van der Waals surface area contributed by atoms with Crippen molar-refractivity contribution in [3.8, 4) is 0 Å². The van der Waals surface area contributed by atoms with E-state index < -0.39 is 0 Å². The summed E-state index contributed by atoms with van der Waals surface area (Å²) in [4.78, 5) is 2.55. The van der Waals surface area contributed by atoms with Crippen molar-refractivity contribution in [1.82, 2.24) is 10.2 Å². The number of hydrogen-bond donors (Lipinski definition) is 2. The maximum absolute atomic E-state index is 9.40. The molecular formula is C17H28N2OS. The molecule has 3 nitrogen and oxygen atoms in total. The Bertz CT molecular complexity index is 411. The zero-order chi connectivity index (χ0) is 15.2. The van der Waals surface area contributed by atoms with Gasteiger partial charge in [0, 0.05) is 36.5 Å². The molecule has 0 spiro atoms. The zero-order valence-electron chi connectivity index (χ0n) is 13.3. The third-order valence-corrected chi connectivity index (χ3v) is 5.63. The average molecular weight is 308 g/mol. The molecule has 118 valence electrons. The molecular weight excluding hydrogens is 280 g/mol. The van der Waals surface area contributed by atoms with Crippen molar-refractivity contribution in [2.45, 2.75) is 50.2 Å². The number of aliphatic hydroxyl groups excluding tert-OH is 1. The summed E-state index contributed by atoms with van der Waals surface area (Å²) in [6, 6.07) is 12.2. The van der Waals surface area contributed by atoms with Crippen LogP contribution in [0.15, 0.2) is 30.3 Å². The van der Waals surface area contributed by atoms with Crippen LogP contribution in [-0.4, -0.2) is 52.8 Å². The lowest BCUT2D eigenvalue weighted by atomic mass is 10.1. The number of hydrogen-bond acceptors (Lipinski definition) is 4. The SMILES string of the molecule is CSC(CO)C(C)NC1CC(C)N(Cc2ccccc2)C1. The van der Waals surface area contributed by atoms with Crippen LogP contribution in [0.1, 0.15) is 25.8 Å². The van der Waals surface area contributed by atoms with Gasteiger partial charge in [0.15, 0.2) is 0 Å². The molecule has 4 atom stereocenters. The van der Waals surface area contributed by atoms with Gasteiger partial charge >= 0.3 is 0 Å². The highest BCUT2D eigenvalue weighted by Crippen LogP contribution is 2.21. The van der Waals surface area contributed by atoms with Crippen LogP contribution < -0.4 is 5.32 Å². The molecule has 1 fully saturated rings. The van der Waals surface area contributed by atoms with E-state index in [4.69, 9.17) is 0 Å². The minimum atomic E-state index is 0.241. The summed E-state index contributed by atoms with van der Waals surface area (Å²) >= 11 is 1.74. The van der Waals surface area contributed by atoms with E-state index in [0.29, 0.717) is 18.1 Å². The normalized spacial score (nSPS) is 25.9. The number of benzene rings is 1. The van der Waals surface area contributed by atoms with Crippen molar-refractivity contribution in [3.05, 3.63) is 35.9 Å². The summed E-state index contributed by atoms with van der Waals surface area (Å²) in [6.07, 6.45) is 3.25. The zero-order valence-corrected chi connectivity index (χ0v) is 14.1. The van der Waals surface area contributed by atoms with Crippen molar-refractivity contribution in [1.29, 1.82) is 0 Å². The molecule has 0 radical (unpaired) electrons. The maximum atomic E-state index is 9.40. The second-order valence-corrected chi connectivity index (χ2v) is 7.19. The monoisotopic (exact) mass is 308 g/mol. The molecule has 0 amide bonds. The highest BCUT2D eigenvalue weighted by atomic mass is 32.2. The molecule has 2 N–H and O–H groups in total. The molecule has 2 rings (SSSR count). The van der Waals surface area contributed by atoms with Gasteiger partial charge in [0.2, 0.25) is 0 Å². The number of likely N-dealkylation sites (tertiary alicyclic amines) is 1. The van der Waals surface area contributed by atoms with Crippen molar-refractivity contribution in [2.75, 3.05) is 19.4 Å². The van der Waals surface area contributed by atoms with Crippen LogP contribution in [0.3, 0.4) is 0 Å². The molecule has 0 bridgehead atoms. The smallest absolute Gasteiger partial charge is 0.0564 e. The van der Waals surface area contributed by atoms with Crippen LogP contribution in [0.5, 0.6) is 0 Å². The van der Waals surface area contributed by atoms with E-state index in [9.17, 15) is 5.11 Å². The van der Waals surface area contributed by atoms with Crippen LogP contribution in [0.2, 0.25) is 0 Å². The molecule has 1 aliphatic heterocycles. The minimum Gasteiger partial charge on any atom is -0.395 e. The van der Waals surface area contributed by atoms with Gasteiger partial charge in [-0.1, -0.05) is 30.3 Å². The van der Waals surface area contributed by atoms with Crippen LogP contribution in [-0.2, 0) is 6.54 Å². The molecule has 1 aliphatic rings. The lowest BCUT2D eigenvalue weighted by Gasteiger charge is -2.25. The molecule has 4 unspecified atom stereocenters. The second kappa shape index (κ2) is 8.18. The van der Waals surface area contributed by atoms with Gasteiger partial charge in [-0.25, -0.2) is 0 Å². The highest BCUT2D eigenvalue weighted by molar-refractivity contribution is 7.99.